The molecule has 0 spiro atoms. The standard InChI is InChI=1S/C15H31NO2/c1-12(2)5-9-18-10-8-15(11-16)7-6-14(3,4)13(15)17/h12-13,17H,5-11,16H2,1-4H3. The maximum absolute atomic E-state index is 10.5. The van der Waals surface area contributed by atoms with Crippen molar-refractivity contribution in [1.29, 1.82) is 0 Å². The highest BCUT2D eigenvalue weighted by Gasteiger charge is 2.50. The van der Waals surface area contributed by atoms with Crippen LogP contribution >= 0.6 is 0 Å². The Kier molecular flexibility index (Phi) is 5.63. The Labute approximate surface area is 112 Å². The van der Waals surface area contributed by atoms with Gasteiger partial charge >= 0.3 is 0 Å². The maximum atomic E-state index is 10.5. The van der Waals surface area contributed by atoms with Crippen LogP contribution in [0, 0.1) is 16.7 Å². The van der Waals surface area contributed by atoms with Crippen LogP contribution in [0.4, 0.5) is 0 Å². The normalized spacial score (nSPS) is 31.2. The summed E-state index contributed by atoms with van der Waals surface area (Å²) in [7, 11) is 0. The van der Waals surface area contributed by atoms with E-state index in [1.54, 1.807) is 0 Å². The number of aliphatic hydroxyl groups excluding tert-OH is 1. The molecule has 0 saturated heterocycles. The molecule has 2 atom stereocenters. The van der Waals surface area contributed by atoms with Gasteiger partial charge in [-0.15, -0.1) is 0 Å². The summed E-state index contributed by atoms with van der Waals surface area (Å²) < 4.78 is 5.68. The fourth-order valence-electron chi connectivity index (χ4n) is 2.95. The number of hydrogen-bond acceptors (Lipinski definition) is 3. The Hall–Kier alpha value is -0.120. The zero-order valence-corrected chi connectivity index (χ0v) is 12.5. The molecule has 108 valence electrons. The van der Waals surface area contributed by atoms with Crippen molar-refractivity contribution in [2.45, 2.75) is 59.5 Å². The maximum Gasteiger partial charge on any atom is 0.0660 e. The summed E-state index contributed by atoms with van der Waals surface area (Å²) in [6.07, 6.45) is 3.75. The lowest BCUT2D eigenvalue weighted by atomic mass is 9.76. The molecule has 0 aliphatic heterocycles. The minimum Gasteiger partial charge on any atom is -0.392 e. The minimum atomic E-state index is -0.302. The first-order valence-electron chi connectivity index (χ1n) is 7.30. The van der Waals surface area contributed by atoms with Crippen LogP contribution in [-0.4, -0.2) is 31.0 Å². The van der Waals surface area contributed by atoms with Gasteiger partial charge in [0, 0.05) is 25.2 Å². The Morgan fingerprint density at radius 1 is 1.28 bits per heavy atom. The van der Waals surface area contributed by atoms with Crippen molar-refractivity contribution >= 4 is 0 Å². The molecule has 3 N–H and O–H groups in total. The lowest BCUT2D eigenvalue weighted by molar-refractivity contribution is -0.0241. The first kappa shape index (κ1) is 15.9. The number of rotatable bonds is 7. The van der Waals surface area contributed by atoms with Crippen LogP contribution in [0.1, 0.15) is 53.4 Å². The second-order valence-corrected chi connectivity index (χ2v) is 7.00. The van der Waals surface area contributed by atoms with Crippen molar-refractivity contribution in [2.75, 3.05) is 19.8 Å². The molecule has 1 aliphatic rings. The van der Waals surface area contributed by atoms with E-state index < -0.39 is 0 Å². The predicted octanol–water partition coefficient (Wildman–Crippen LogP) is 2.57. The molecule has 0 aromatic heterocycles. The van der Waals surface area contributed by atoms with Crippen molar-refractivity contribution in [1.82, 2.24) is 0 Å². The summed E-state index contributed by atoms with van der Waals surface area (Å²) in [6, 6.07) is 0. The summed E-state index contributed by atoms with van der Waals surface area (Å²) >= 11 is 0. The van der Waals surface area contributed by atoms with Crippen LogP contribution in [0.3, 0.4) is 0 Å². The second kappa shape index (κ2) is 6.36. The molecule has 0 amide bonds. The van der Waals surface area contributed by atoms with Crippen LogP contribution in [0.25, 0.3) is 0 Å². The van der Waals surface area contributed by atoms with Gasteiger partial charge in [0.05, 0.1) is 6.10 Å². The molecule has 1 saturated carbocycles. The number of ether oxygens (including phenoxy) is 1. The molecule has 0 bridgehead atoms. The van der Waals surface area contributed by atoms with Gasteiger partial charge in [-0.1, -0.05) is 27.7 Å². The molecule has 0 aromatic rings. The van der Waals surface area contributed by atoms with Gasteiger partial charge in [-0.3, -0.25) is 0 Å². The highest BCUT2D eigenvalue weighted by molar-refractivity contribution is 5.01. The Morgan fingerprint density at radius 3 is 2.39 bits per heavy atom. The van der Waals surface area contributed by atoms with Gasteiger partial charge in [0.25, 0.3) is 0 Å². The zero-order chi connectivity index (χ0) is 13.8. The van der Waals surface area contributed by atoms with Crippen LogP contribution in [0.15, 0.2) is 0 Å². The molecule has 1 rings (SSSR count). The van der Waals surface area contributed by atoms with Gasteiger partial charge in [-0.05, 0) is 37.0 Å². The third-order valence-corrected chi connectivity index (χ3v) is 4.58. The average Bonchev–Trinajstić information content (AvgIpc) is 2.53. The Balaban J connectivity index is 2.38. The van der Waals surface area contributed by atoms with Gasteiger partial charge in [0.15, 0.2) is 0 Å². The van der Waals surface area contributed by atoms with Gasteiger partial charge in [0.1, 0.15) is 0 Å². The summed E-state index contributed by atoms with van der Waals surface area (Å²) in [5.74, 6) is 0.685. The van der Waals surface area contributed by atoms with Gasteiger partial charge in [-0.2, -0.15) is 0 Å². The van der Waals surface area contributed by atoms with Gasteiger partial charge < -0.3 is 15.6 Å². The zero-order valence-electron chi connectivity index (χ0n) is 12.5. The molecule has 18 heavy (non-hydrogen) atoms. The Bertz CT molecular complexity index is 253. The smallest absolute Gasteiger partial charge is 0.0660 e. The number of nitrogens with two attached hydrogens (primary N) is 1. The SMILES string of the molecule is CC(C)CCOCCC1(CN)CCC(C)(C)C1O. The van der Waals surface area contributed by atoms with Crippen molar-refractivity contribution in [2.24, 2.45) is 22.5 Å². The average molecular weight is 257 g/mol. The highest BCUT2D eigenvalue weighted by Crippen LogP contribution is 2.50. The summed E-state index contributed by atoms with van der Waals surface area (Å²) in [5.41, 5.74) is 5.80. The van der Waals surface area contributed by atoms with E-state index in [1.807, 2.05) is 0 Å². The summed E-state index contributed by atoms with van der Waals surface area (Å²) in [6.45, 7) is 10.8. The largest absolute Gasteiger partial charge is 0.392 e. The lowest BCUT2D eigenvalue weighted by Gasteiger charge is -2.35. The molecule has 1 fully saturated rings. The van der Waals surface area contributed by atoms with Crippen molar-refractivity contribution in [3.05, 3.63) is 0 Å². The fourth-order valence-corrected chi connectivity index (χ4v) is 2.95. The molecule has 0 radical (unpaired) electrons. The van der Waals surface area contributed by atoms with E-state index in [2.05, 4.69) is 27.7 Å². The van der Waals surface area contributed by atoms with E-state index in [-0.39, 0.29) is 16.9 Å². The molecular weight excluding hydrogens is 226 g/mol. The fraction of sp³-hybridized carbons (Fsp3) is 1.00. The minimum absolute atomic E-state index is 0.00268. The van der Waals surface area contributed by atoms with E-state index in [1.165, 1.54) is 0 Å². The van der Waals surface area contributed by atoms with E-state index in [4.69, 9.17) is 10.5 Å². The second-order valence-electron chi connectivity index (χ2n) is 7.00. The molecule has 2 unspecified atom stereocenters. The monoisotopic (exact) mass is 257 g/mol. The number of aliphatic hydroxyl groups is 1. The number of hydrogen-bond donors (Lipinski definition) is 2. The van der Waals surface area contributed by atoms with E-state index in [0.717, 1.165) is 38.9 Å². The third kappa shape index (κ3) is 3.69. The van der Waals surface area contributed by atoms with Crippen molar-refractivity contribution in [3.63, 3.8) is 0 Å². The van der Waals surface area contributed by atoms with Gasteiger partial charge in [0.2, 0.25) is 0 Å². The lowest BCUT2D eigenvalue weighted by Crippen LogP contribution is -2.43. The van der Waals surface area contributed by atoms with E-state index in [0.29, 0.717) is 12.5 Å². The van der Waals surface area contributed by atoms with Crippen molar-refractivity contribution in [3.8, 4) is 0 Å². The van der Waals surface area contributed by atoms with Gasteiger partial charge in [-0.25, -0.2) is 0 Å². The van der Waals surface area contributed by atoms with Crippen LogP contribution in [0.2, 0.25) is 0 Å². The highest BCUT2D eigenvalue weighted by atomic mass is 16.5. The Morgan fingerprint density at radius 2 is 1.94 bits per heavy atom. The van der Waals surface area contributed by atoms with Crippen LogP contribution in [0.5, 0.6) is 0 Å². The van der Waals surface area contributed by atoms with Crippen LogP contribution < -0.4 is 5.73 Å². The van der Waals surface area contributed by atoms with E-state index >= 15 is 0 Å². The molecule has 3 nitrogen and oxygen atoms in total. The van der Waals surface area contributed by atoms with Crippen LogP contribution in [-0.2, 0) is 4.74 Å². The summed E-state index contributed by atoms with van der Waals surface area (Å²) in [4.78, 5) is 0. The van der Waals surface area contributed by atoms with E-state index in [9.17, 15) is 5.11 Å². The molecule has 0 heterocycles. The van der Waals surface area contributed by atoms with Crippen molar-refractivity contribution < 1.29 is 9.84 Å². The molecular formula is C15H31NO2. The summed E-state index contributed by atoms with van der Waals surface area (Å²) in [5, 5.41) is 10.5. The first-order chi connectivity index (χ1) is 8.34. The molecule has 3 heteroatoms. The first-order valence-corrected chi connectivity index (χ1v) is 7.30. The molecule has 0 aromatic carbocycles. The molecule has 1 aliphatic carbocycles. The quantitative estimate of drug-likeness (QED) is 0.689. The topological polar surface area (TPSA) is 55.5 Å². The third-order valence-electron chi connectivity index (χ3n) is 4.58. The predicted molar refractivity (Wildman–Crippen MR) is 75.4 cm³/mol.